The van der Waals surface area contributed by atoms with E-state index in [1.54, 1.807) is 20.5 Å². The van der Waals surface area contributed by atoms with Gasteiger partial charge in [-0.1, -0.05) is 57.9 Å². The van der Waals surface area contributed by atoms with Gasteiger partial charge in [0.05, 0.1) is 27.0 Å². The number of ether oxygens (including phenoxy) is 2. The first-order valence-electron chi connectivity index (χ1n) is 14.4. The van der Waals surface area contributed by atoms with Crippen LogP contribution in [0.4, 0.5) is 0 Å². The van der Waals surface area contributed by atoms with Gasteiger partial charge in [-0.25, -0.2) is 0 Å². The number of benzene rings is 1. The minimum atomic E-state index is -0.0354. The quantitative estimate of drug-likeness (QED) is 0.237. The van der Waals surface area contributed by atoms with Crippen LogP contribution in [0.3, 0.4) is 0 Å². The Labute approximate surface area is 228 Å². The van der Waals surface area contributed by atoms with Crippen LogP contribution < -0.4 is 9.47 Å². The molecule has 0 radical (unpaired) electrons. The van der Waals surface area contributed by atoms with E-state index in [4.69, 9.17) is 13.9 Å². The first-order chi connectivity index (χ1) is 18.5. The normalized spacial score (nSPS) is 13.8. The molecule has 7 heteroatoms. The molecular weight excluding hydrogens is 480 g/mol. The molecule has 7 nitrogen and oxygen atoms in total. The number of rotatable bonds is 16. The zero-order valence-corrected chi connectivity index (χ0v) is 23.6. The van der Waals surface area contributed by atoms with Crippen molar-refractivity contribution in [2.45, 2.75) is 96.6 Å². The smallest absolute Gasteiger partial charge is 0.242 e. The number of furan rings is 1. The van der Waals surface area contributed by atoms with Crippen LogP contribution in [0.1, 0.15) is 88.9 Å². The first-order valence-corrected chi connectivity index (χ1v) is 14.4. The minimum Gasteiger partial charge on any atom is -0.493 e. The second-order valence-corrected chi connectivity index (χ2v) is 10.3. The lowest BCUT2D eigenvalue weighted by molar-refractivity contribution is -0.143. The molecule has 1 saturated carbocycles. The van der Waals surface area contributed by atoms with Crippen molar-refractivity contribution >= 4 is 11.8 Å². The number of methoxy groups -OCH3 is 2. The Hall–Kier alpha value is -2.96. The van der Waals surface area contributed by atoms with Crippen LogP contribution in [-0.4, -0.2) is 55.0 Å². The second kappa shape index (κ2) is 16.1. The van der Waals surface area contributed by atoms with Crippen molar-refractivity contribution < 1.29 is 23.5 Å². The van der Waals surface area contributed by atoms with Crippen LogP contribution in [0.15, 0.2) is 41.0 Å². The molecule has 3 rings (SSSR count). The summed E-state index contributed by atoms with van der Waals surface area (Å²) in [7, 11) is 3.24. The van der Waals surface area contributed by atoms with Crippen molar-refractivity contribution in [3.8, 4) is 11.5 Å². The number of amides is 2. The molecule has 0 unspecified atom stereocenters. The van der Waals surface area contributed by atoms with Crippen molar-refractivity contribution in [2.75, 3.05) is 27.3 Å². The Morgan fingerprint density at radius 3 is 2.39 bits per heavy atom. The van der Waals surface area contributed by atoms with Crippen molar-refractivity contribution in [1.29, 1.82) is 0 Å². The molecule has 2 aromatic rings. The number of unbranched alkanes of at least 4 members (excludes halogenated alkanes) is 4. The van der Waals surface area contributed by atoms with Gasteiger partial charge in [-0.2, -0.15) is 0 Å². The molecule has 1 aromatic carbocycles. The van der Waals surface area contributed by atoms with E-state index >= 15 is 0 Å². The Kier molecular flexibility index (Phi) is 12.5. The summed E-state index contributed by atoms with van der Waals surface area (Å²) in [6.45, 7) is 3.22. The molecule has 0 aliphatic heterocycles. The maximum absolute atomic E-state index is 13.7. The molecule has 0 spiro atoms. The summed E-state index contributed by atoms with van der Waals surface area (Å²) in [4.78, 5) is 30.8. The van der Waals surface area contributed by atoms with E-state index in [0.29, 0.717) is 37.4 Å². The Morgan fingerprint density at radius 1 is 0.947 bits per heavy atom. The average Bonchev–Trinajstić information content (AvgIpc) is 3.47. The third kappa shape index (κ3) is 9.10. The van der Waals surface area contributed by atoms with Crippen LogP contribution >= 0.6 is 0 Å². The highest BCUT2D eigenvalue weighted by atomic mass is 16.5. The molecule has 0 atom stereocenters. The zero-order chi connectivity index (χ0) is 27.2. The number of carbonyl (C=O) groups is 2. The van der Waals surface area contributed by atoms with Gasteiger partial charge in [0.1, 0.15) is 12.3 Å². The van der Waals surface area contributed by atoms with E-state index in [1.165, 1.54) is 25.7 Å². The summed E-state index contributed by atoms with van der Waals surface area (Å²) in [6, 6.07) is 9.71. The summed E-state index contributed by atoms with van der Waals surface area (Å²) >= 11 is 0. The van der Waals surface area contributed by atoms with Gasteiger partial charge >= 0.3 is 0 Å². The molecule has 1 aliphatic rings. The lowest BCUT2D eigenvalue weighted by atomic mass is 9.93. The number of hydrogen-bond donors (Lipinski definition) is 0. The Bertz CT molecular complexity index is 969. The van der Waals surface area contributed by atoms with Crippen LogP contribution in [0.25, 0.3) is 0 Å². The predicted molar refractivity (Wildman–Crippen MR) is 149 cm³/mol. The third-order valence-corrected chi connectivity index (χ3v) is 7.53. The van der Waals surface area contributed by atoms with Crippen molar-refractivity contribution in [3.63, 3.8) is 0 Å². The highest BCUT2D eigenvalue weighted by Crippen LogP contribution is 2.28. The van der Waals surface area contributed by atoms with Crippen LogP contribution in [0.2, 0.25) is 0 Å². The lowest BCUT2D eigenvalue weighted by Gasteiger charge is -2.35. The van der Waals surface area contributed by atoms with E-state index in [0.717, 1.165) is 49.8 Å². The van der Waals surface area contributed by atoms with E-state index in [1.807, 2.05) is 40.1 Å². The Morgan fingerprint density at radius 2 is 1.71 bits per heavy atom. The summed E-state index contributed by atoms with van der Waals surface area (Å²) in [5.74, 6) is 2.17. The maximum atomic E-state index is 13.7. The highest BCUT2D eigenvalue weighted by molar-refractivity contribution is 5.85. The van der Waals surface area contributed by atoms with E-state index < -0.39 is 0 Å². The lowest BCUT2D eigenvalue weighted by Crippen LogP contribution is -2.48. The van der Waals surface area contributed by atoms with E-state index in [2.05, 4.69) is 6.92 Å². The first kappa shape index (κ1) is 29.6. The molecule has 210 valence electrons. The maximum Gasteiger partial charge on any atom is 0.242 e. The largest absolute Gasteiger partial charge is 0.493 e. The molecule has 0 N–H and O–H groups in total. The minimum absolute atomic E-state index is 0.0354. The molecule has 1 aromatic heterocycles. The topological polar surface area (TPSA) is 72.2 Å². The third-order valence-electron chi connectivity index (χ3n) is 7.53. The fourth-order valence-corrected chi connectivity index (χ4v) is 5.27. The fourth-order valence-electron chi connectivity index (χ4n) is 5.27. The standard InChI is InChI=1S/C31H46N2O5/c1-4-5-6-7-11-16-30(34)33(26-13-9-8-10-14-26)24-31(35)32(23-27-15-12-21-38-27)20-19-25-17-18-28(36-2)29(22-25)37-3/h12,15,17-18,21-22,26H,4-11,13-14,16,19-20,23-24H2,1-3H3. The summed E-state index contributed by atoms with van der Waals surface area (Å²) in [5.41, 5.74) is 1.05. The van der Waals surface area contributed by atoms with Gasteiger partial charge in [0.2, 0.25) is 11.8 Å². The number of hydrogen-bond acceptors (Lipinski definition) is 5. The SMILES string of the molecule is CCCCCCCC(=O)N(CC(=O)N(CCc1ccc(OC)c(OC)c1)Cc1ccco1)C1CCCCC1. The number of nitrogens with zero attached hydrogens (tertiary/aromatic N) is 2. The molecule has 2 amide bonds. The van der Waals surface area contributed by atoms with Crippen LogP contribution in [0.5, 0.6) is 11.5 Å². The van der Waals surface area contributed by atoms with Crippen molar-refractivity contribution in [2.24, 2.45) is 0 Å². The van der Waals surface area contributed by atoms with Gasteiger partial charge in [0, 0.05) is 19.0 Å². The molecule has 1 aliphatic carbocycles. The molecular formula is C31H46N2O5. The highest BCUT2D eigenvalue weighted by Gasteiger charge is 2.29. The van der Waals surface area contributed by atoms with Crippen molar-refractivity contribution in [1.82, 2.24) is 9.80 Å². The predicted octanol–water partition coefficient (Wildman–Crippen LogP) is 6.39. The van der Waals surface area contributed by atoms with Crippen molar-refractivity contribution in [3.05, 3.63) is 47.9 Å². The second-order valence-electron chi connectivity index (χ2n) is 10.3. The number of carbonyl (C=O) groups excluding carboxylic acids is 2. The van der Waals surface area contributed by atoms with Gasteiger partial charge < -0.3 is 23.7 Å². The van der Waals surface area contributed by atoms with Gasteiger partial charge in [-0.05, 0) is 55.5 Å². The van der Waals surface area contributed by atoms with Gasteiger partial charge in [-0.15, -0.1) is 0 Å². The van der Waals surface area contributed by atoms with Crippen LogP contribution in [0, 0.1) is 0 Å². The summed E-state index contributed by atoms with van der Waals surface area (Å²) in [5, 5.41) is 0. The van der Waals surface area contributed by atoms with Crippen LogP contribution in [-0.2, 0) is 22.6 Å². The van der Waals surface area contributed by atoms with E-state index in [9.17, 15) is 9.59 Å². The molecule has 0 saturated heterocycles. The van der Waals surface area contributed by atoms with Gasteiger partial charge in [-0.3, -0.25) is 9.59 Å². The molecule has 1 fully saturated rings. The summed E-state index contributed by atoms with van der Waals surface area (Å²) < 4.78 is 16.4. The van der Waals surface area contributed by atoms with E-state index in [-0.39, 0.29) is 24.4 Å². The Balaban J connectivity index is 1.70. The zero-order valence-electron chi connectivity index (χ0n) is 23.6. The fraction of sp³-hybridized carbons (Fsp3) is 0.613. The molecule has 38 heavy (non-hydrogen) atoms. The molecule has 1 heterocycles. The van der Waals surface area contributed by atoms with Gasteiger partial charge in [0.25, 0.3) is 0 Å². The molecule has 0 bridgehead atoms. The van der Waals surface area contributed by atoms with Gasteiger partial charge in [0.15, 0.2) is 11.5 Å². The summed E-state index contributed by atoms with van der Waals surface area (Å²) in [6.07, 6.45) is 13.8. The monoisotopic (exact) mass is 526 g/mol. The average molecular weight is 527 g/mol.